The first-order valence-electron chi connectivity index (χ1n) is 8.85. The number of halogens is 5. The Morgan fingerprint density at radius 2 is 1.28 bits per heavy atom. The van der Waals surface area contributed by atoms with Gasteiger partial charge in [0.05, 0.1) is 11.3 Å². The summed E-state index contributed by atoms with van der Waals surface area (Å²) in [5, 5.41) is 5.02. The summed E-state index contributed by atoms with van der Waals surface area (Å²) in [5.41, 5.74) is 0.486. The molecule has 0 atom stereocenters. The van der Waals surface area contributed by atoms with E-state index < -0.39 is 44.7 Å². The first-order chi connectivity index (χ1) is 13.5. The van der Waals surface area contributed by atoms with E-state index in [1.54, 1.807) is 12.1 Å². The van der Waals surface area contributed by atoms with Crippen LogP contribution in [0, 0.1) is 34.5 Å². The van der Waals surface area contributed by atoms with Crippen LogP contribution in [0.5, 0.6) is 0 Å². The van der Waals surface area contributed by atoms with E-state index in [0.717, 1.165) is 12.8 Å². The van der Waals surface area contributed by atoms with Gasteiger partial charge < -0.3 is 0 Å². The summed E-state index contributed by atoms with van der Waals surface area (Å²) in [6, 6.07) is 6.17. The highest BCUT2D eigenvalue weighted by Crippen LogP contribution is 2.63. The van der Waals surface area contributed by atoms with Crippen LogP contribution in [0.2, 0.25) is 0 Å². The van der Waals surface area contributed by atoms with Crippen molar-refractivity contribution in [3.63, 3.8) is 0 Å². The van der Waals surface area contributed by atoms with Crippen LogP contribution in [0.15, 0.2) is 24.3 Å². The third kappa shape index (κ3) is 3.57. The van der Waals surface area contributed by atoms with Crippen LogP contribution in [-0.4, -0.2) is 8.42 Å². The average molecular weight is 429 g/mol. The molecule has 2 N–H and O–H groups in total. The molecule has 1 saturated carbocycles. The maximum atomic E-state index is 14.4. The highest BCUT2D eigenvalue weighted by atomic mass is 32.2. The predicted molar refractivity (Wildman–Crippen MR) is 97.2 cm³/mol. The van der Waals surface area contributed by atoms with Crippen LogP contribution < -0.4 is 5.14 Å². The Bertz CT molecular complexity index is 1120. The summed E-state index contributed by atoms with van der Waals surface area (Å²) in [7, 11) is -3.73. The molecule has 2 aliphatic rings. The second kappa shape index (κ2) is 6.63. The number of hydrogen-bond donors (Lipinski definition) is 1. The number of sulfonamides is 1. The van der Waals surface area contributed by atoms with Gasteiger partial charge in [-0.3, -0.25) is 0 Å². The maximum absolute atomic E-state index is 14.4. The molecular weight excluding hydrogens is 413 g/mol. The molecule has 154 valence electrons. The zero-order chi connectivity index (χ0) is 21.1. The van der Waals surface area contributed by atoms with E-state index in [2.05, 4.69) is 0 Å². The van der Waals surface area contributed by atoms with Crippen molar-refractivity contribution in [1.29, 1.82) is 0 Å². The summed E-state index contributed by atoms with van der Waals surface area (Å²) in [6.45, 7) is 0. The quantitative estimate of drug-likeness (QED) is 0.437. The van der Waals surface area contributed by atoms with E-state index in [1.807, 2.05) is 0 Å². The minimum absolute atomic E-state index is 0.106. The van der Waals surface area contributed by atoms with E-state index in [4.69, 9.17) is 5.14 Å². The summed E-state index contributed by atoms with van der Waals surface area (Å²) in [4.78, 5) is 0. The Balaban J connectivity index is 1.84. The predicted octanol–water partition coefficient (Wildman–Crippen LogP) is 4.66. The van der Waals surface area contributed by atoms with E-state index >= 15 is 0 Å². The van der Waals surface area contributed by atoms with Gasteiger partial charge in [-0.15, -0.1) is 0 Å². The van der Waals surface area contributed by atoms with Gasteiger partial charge in [0.1, 0.15) is 0 Å². The number of benzene rings is 2. The van der Waals surface area contributed by atoms with Crippen molar-refractivity contribution in [2.24, 2.45) is 10.6 Å². The summed E-state index contributed by atoms with van der Waals surface area (Å²) in [5.74, 6) is -10.2. The maximum Gasteiger partial charge on any atom is 0.213 e. The number of hydrogen-bond acceptors (Lipinski definition) is 2. The van der Waals surface area contributed by atoms with E-state index in [9.17, 15) is 30.4 Å². The molecule has 0 aliphatic heterocycles. The molecular formula is C20H16F5NO2S. The summed E-state index contributed by atoms with van der Waals surface area (Å²) < 4.78 is 92.3. The fourth-order valence-corrected chi connectivity index (χ4v) is 4.63. The highest BCUT2D eigenvalue weighted by molar-refractivity contribution is 7.88. The lowest BCUT2D eigenvalue weighted by atomic mass is 9.95. The van der Waals surface area contributed by atoms with Gasteiger partial charge in [-0.05, 0) is 53.4 Å². The lowest BCUT2D eigenvalue weighted by Gasteiger charge is -2.13. The van der Waals surface area contributed by atoms with Crippen LogP contribution in [0.25, 0.3) is 11.1 Å². The zero-order valence-corrected chi connectivity index (χ0v) is 15.9. The molecule has 2 aliphatic carbocycles. The summed E-state index contributed by atoms with van der Waals surface area (Å²) in [6.07, 6.45) is 2.29. The molecule has 1 spiro atoms. The number of allylic oxidation sites excluding steroid dienone is 2. The van der Waals surface area contributed by atoms with Crippen LogP contribution in [0.3, 0.4) is 0 Å². The lowest BCUT2D eigenvalue weighted by Crippen LogP contribution is -2.14. The molecule has 1 fully saturated rings. The van der Waals surface area contributed by atoms with Crippen LogP contribution in [0.4, 0.5) is 22.0 Å². The van der Waals surface area contributed by atoms with Gasteiger partial charge in [-0.1, -0.05) is 24.3 Å². The molecule has 29 heavy (non-hydrogen) atoms. The Labute approximate surface area is 164 Å². The van der Waals surface area contributed by atoms with Gasteiger partial charge in [0.15, 0.2) is 23.3 Å². The molecule has 3 nitrogen and oxygen atoms in total. The number of primary sulfonamides is 1. The Kier molecular flexibility index (Phi) is 4.58. The second-order valence-corrected chi connectivity index (χ2v) is 9.37. The third-order valence-electron chi connectivity index (χ3n) is 5.61. The first kappa shape index (κ1) is 20.0. The van der Waals surface area contributed by atoms with Crippen molar-refractivity contribution in [3.8, 4) is 0 Å². The molecule has 4 rings (SSSR count). The molecule has 2 aromatic rings. The smallest absolute Gasteiger partial charge is 0.213 e. The van der Waals surface area contributed by atoms with Gasteiger partial charge in [0.2, 0.25) is 15.8 Å². The largest absolute Gasteiger partial charge is 0.228 e. The summed E-state index contributed by atoms with van der Waals surface area (Å²) >= 11 is 0. The molecule has 0 bridgehead atoms. The first-order valence-corrected chi connectivity index (χ1v) is 10.6. The van der Waals surface area contributed by atoms with E-state index in [1.165, 1.54) is 12.1 Å². The van der Waals surface area contributed by atoms with Crippen molar-refractivity contribution in [2.45, 2.75) is 31.4 Å². The van der Waals surface area contributed by atoms with Crippen molar-refractivity contribution in [2.75, 3.05) is 0 Å². The van der Waals surface area contributed by atoms with Gasteiger partial charge in [0.25, 0.3) is 0 Å². The molecule has 0 aromatic heterocycles. The molecule has 0 saturated heterocycles. The monoisotopic (exact) mass is 429 g/mol. The van der Waals surface area contributed by atoms with E-state index in [-0.39, 0.29) is 23.2 Å². The van der Waals surface area contributed by atoms with Gasteiger partial charge in [0, 0.05) is 0 Å². The van der Waals surface area contributed by atoms with Crippen molar-refractivity contribution < 1.29 is 30.4 Å². The van der Waals surface area contributed by atoms with Gasteiger partial charge in [-0.2, -0.15) is 0 Å². The van der Waals surface area contributed by atoms with Crippen molar-refractivity contribution in [3.05, 3.63) is 70.0 Å². The molecule has 2 aromatic carbocycles. The molecule has 9 heteroatoms. The number of nitrogens with two attached hydrogens (primary N) is 1. The highest BCUT2D eigenvalue weighted by Gasteiger charge is 2.49. The molecule has 0 amide bonds. The fraction of sp³-hybridized carbons (Fsp3) is 0.300. The molecule has 0 radical (unpaired) electrons. The Hall–Kier alpha value is -2.26. The normalized spacial score (nSPS) is 18.0. The molecule has 0 heterocycles. The third-order valence-corrected chi connectivity index (χ3v) is 6.34. The van der Waals surface area contributed by atoms with Crippen LogP contribution in [-0.2, 0) is 15.8 Å². The lowest BCUT2D eigenvalue weighted by molar-refractivity contribution is 0.376. The SMILES string of the molecule is NS(=O)(=O)Cc1ccc(C2=C(c3c(F)c(F)c(F)c(F)c3F)CC3(CC3)C2)cc1. The number of rotatable bonds is 4. The zero-order valence-electron chi connectivity index (χ0n) is 15.0. The van der Waals surface area contributed by atoms with Gasteiger partial charge >= 0.3 is 0 Å². The van der Waals surface area contributed by atoms with Crippen molar-refractivity contribution in [1.82, 2.24) is 0 Å². The average Bonchev–Trinajstić information content (AvgIpc) is 3.30. The standard InChI is InChI=1S/C20H16F5NO2S/c21-15-14(16(22)18(24)19(25)17(15)23)13-8-20(5-6-20)7-12(13)11-3-1-10(2-4-11)9-29(26,27)28/h1-4H,5-9H2,(H2,26,27,28). The van der Waals surface area contributed by atoms with Crippen molar-refractivity contribution >= 4 is 21.2 Å². The molecule has 0 unspecified atom stereocenters. The Morgan fingerprint density at radius 3 is 1.76 bits per heavy atom. The van der Waals surface area contributed by atoms with Crippen LogP contribution in [0.1, 0.15) is 42.4 Å². The topological polar surface area (TPSA) is 60.2 Å². The minimum Gasteiger partial charge on any atom is -0.228 e. The second-order valence-electron chi connectivity index (χ2n) is 7.76. The fourth-order valence-electron chi connectivity index (χ4n) is 3.98. The minimum atomic E-state index is -3.73. The van der Waals surface area contributed by atoms with E-state index in [0.29, 0.717) is 23.1 Å². The Morgan fingerprint density at radius 1 is 0.793 bits per heavy atom. The van der Waals surface area contributed by atoms with Gasteiger partial charge in [-0.25, -0.2) is 35.5 Å². The van der Waals surface area contributed by atoms with Crippen LogP contribution >= 0.6 is 0 Å².